The molecule has 9 nitrogen and oxygen atoms in total. The molecule has 1 atom stereocenters. The summed E-state index contributed by atoms with van der Waals surface area (Å²) in [5.74, 6) is -4.20. The molecule has 1 aromatic rings. The Kier molecular flexibility index (Phi) is 7.70. The number of rotatable bonds is 9. The number of nitro benzene ring substituents is 1. The molecular formula is C17H22N2O7. The standard InChI is InChI=1S/C17H22N2O7/c1-4-6-7-26-17(22)13(16(21)25-5-2)11-8-10(3)14(19(23)24)12(9-11)15(18)20/h8-9,13H,4-7H2,1-3H3,(H2,18,20). The molecule has 0 heterocycles. The van der Waals surface area contributed by atoms with Gasteiger partial charge in [0.1, 0.15) is 5.56 Å². The lowest BCUT2D eigenvalue weighted by Crippen LogP contribution is -2.27. The minimum atomic E-state index is -1.45. The molecule has 0 radical (unpaired) electrons. The Morgan fingerprint density at radius 3 is 2.31 bits per heavy atom. The highest BCUT2D eigenvalue weighted by Gasteiger charge is 2.34. The summed E-state index contributed by atoms with van der Waals surface area (Å²) in [5, 5.41) is 11.2. The highest BCUT2D eigenvalue weighted by molar-refractivity contribution is 6.03. The van der Waals surface area contributed by atoms with Crippen LogP contribution < -0.4 is 5.73 Å². The van der Waals surface area contributed by atoms with E-state index in [1.165, 1.54) is 13.0 Å². The first-order chi connectivity index (χ1) is 12.2. The SMILES string of the molecule is CCCCOC(=O)C(C(=O)OCC)c1cc(C)c([N+](=O)[O-])c(C(N)=O)c1. The molecule has 0 aliphatic heterocycles. The number of carbonyl (C=O) groups is 3. The number of hydrogen-bond acceptors (Lipinski definition) is 7. The first-order valence-corrected chi connectivity index (χ1v) is 8.16. The summed E-state index contributed by atoms with van der Waals surface area (Å²) in [6.07, 6.45) is 1.41. The van der Waals surface area contributed by atoms with Gasteiger partial charge in [-0.3, -0.25) is 24.5 Å². The second-order valence-corrected chi connectivity index (χ2v) is 5.56. The summed E-state index contributed by atoms with van der Waals surface area (Å²) < 4.78 is 10.0. The van der Waals surface area contributed by atoms with Crippen LogP contribution in [0.4, 0.5) is 5.69 Å². The molecule has 0 saturated heterocycles. The zero-order valence-corrected chi connectivity index (χ0v) is 14.9. The third kappa shape index (κ3) is 5.01. The Labute approximate surface area is 150 Å². The fourth-order valence-corrected chi connectivity index (χ4v) is 2.40. The van der Waals surface area contributed by atoms with E-state index in [2.05, 4.69) is 0 Å². The zero-order chi connectivity index (χ0) is 19.9. The number of benzene rings is 1. The molecule has 2 N–H and O–H groups in total. The van der Waals surface area contributed by atoms with Gasteiger partial charge in [0.25, 0.3) is 11.6 Å². The molecule has 0 spiro atoms. The van der Waals surface area contributed by atoms with Crippen LogP contribution in [-0.4, -0.2) is 36.0 Å². The van der Waals surface area contributed by atoms with Gasteiger partial charge in [-0.2, -0.15) is 0 Å². The number of hydrogen-bond donors (Lipinski definition) is 1. The number of primary amides is 1. The van der Waals surface area contributed by atoms with Crippen LogP contribution in [0.25, 0.3) is 0 Å². The molecule has 0 bridgehead atoms. The molecule has 9 heteroatoms. The summed E-state index contributed by atoms with van der Waals surface area (Å²) in [5.41, 5.74) is 4.52. The molecule has 1 unspecified atom stereocenters. The van der Waals surface area contributed by atoms with E-state index in [4.69, 9.17) is 15.2 Å². The molecule has 1 rings (SSSR count). The fourth-order valence-electron chi connectivity index (χ4n) is 2.40. The Hall–Kier alpha value is -2.97. The van der Waals surface area contributed by atoms with Gasteiger partial charge in [0.15, 0.2) is 5.92 Å². The maximum absolute atomic E-state index is 12.4. The maximum atomic E-state index is 12.4. The molecule has 0 saturated carbocycles. The van der Waals surface area contributed by atoms with Crippen molar-refractivity contribution in [2.24, 2.45) is 5.73 Å². The van der Waals surface area contributed by atoms with Gasteiger partial charge in [-0.1, -0.05) is 13.3 Å². The van der Waals surface area contributed by atoms with Crippen LogP contribution >= 0.6 is 0 Å². The van der Waals surface area contributed by atoms with Gasteiger partial charge in [-0.25, -0.2) is 0 Å². The highest BCUT2D eigenvalue weighted by Crippen LogP contribution is 2.30. The number of carbonyl (C=O) groups excluding carboxylic acids is 3. The molecule has 1 aromatic carbocycles. The van der Waals surface area contributed by atoms with E-state index in [-0.39, 0.29) is 29.9 Å². The van der Waals surface area contributed by atoms with Crippen molar-refractivity contribution < 1.29 is 28.8 Å². The monoisotopic (exact) mass is 366 g/mol. The first-order valence-electron chi connectivity index (χ1n) is 8.16. The second kappa shape index (κ2) is 9.50. The first kappa shape index (κ1) is 21.1. The number of nitrogens with two attached hydrogens (primary N) is 1. The van der Waals surface area contributed by atoms with Gasteiger partial charge in [0.2, 0.25) is 0 Å². The number of nitrogens with zero attached hydrogens (tertiary/aromatic N) is 1. The molecular weight excluding hydrogens is 344 g/mol. The minimum absolute atomic E-state index is 0.0339. The lowest BCUT2D eigenvalue weighted by atomic mass is 9.93. The molecule has 0 aromatic heterocycles. The van der Waals surface area contributed by atoms with Crippen molar-refractivity contribution in [2.75, 3.05) is 13.2 Å². The summed E-state index contributed by atoms with van der Waals surface area (Å²) in [7, 11) is 0. The maximum Gasteiger partial charge on any atom is 0.324 e. The van der Waals surface area contributed by atoms with Crippen LogP contribution in [0.1, 0.15) is 54.1 Å². The predicted molar refractivity (Wildman–Crippen MR) is 91.6 cm³/mol. The third-order valence-corrected chi connectivity index (χ3v) is 3.60. The van der Waals surface area contributed by atoms with E-state index in [9.17, 15) is 24.5 Å². The van der Waals surface area contributed by atoms with Gasteiger partial charge in [-0.05, 0) is 38.0 Å². The Morgan fingerprint density at radius 2 is 1.81 bits per heavy atom. The Morgan fingerprint density at radius 1 is 1.19 bits per heavy atom. The number of aryl methyl sites for hydroxylation is 1. The molecule has 26 heavy (non-hydrogen) atoms. The van der Waals surface area contributed by atoms with Crippen molar-refractivity contribution in [2.45, 2.75) is 39.5 Å². The minimum Gasteiger partial charge on any atom is -0.465 e. The van der Waals surface area contributed by atoms with Gasteiger partial charge >= 0.3 is 11.9 Å². The van der Waals surface area contributed by atoms with E-state index in [0.717, 1.165) is 12.5 Å². The number of amides is 1. The molecule has 0 aliphatic rings. The number of ether oxygens (including phenoxy) is 2. The van der Waals surface area contributed by atoms with Crippen molar-refractivity contribution >= 4 is 23.5 Å². The van der Waals surface area contributed by atoms with E-state index >= 15 is 0 Å². The highest BCUT2D eigenvalue weighted by atomic mass is 16.6. The Balaban J connectivity index is 3.41. The van der Waals surface area contributed by atoms with Crippen LogP contribution in [0.2, 0.25) is 0 Å². The summed E-state index contributed by atoms with van der Waals surface area (Å²) >= 11 is 0. The normalized spacial score (nSPS) is 11.5. The number of nitro groups is 1. The van der Waals surface area contributed by atoms with Crippen molar-refractivity contribution in [3.05, 3.63) is 38.9 Å². The van der Waals surface area contributed by atoms with E-state index in [0.29, 0.717) is 6.42 Å². The quantitative estimate of drug-likeness (QED) is 0.232. The lowest BCUT2D eigenvalue weighted by Gasteiger charge is -2.16. The zero-order valence-electron chi connectivity index (χ0n) is 14.9. The number of esters is 2. The van der Waals surface area contributed by atoms with Gasteiger partial charge in [0, 0.05) is 5.56 Å². The van der Waals surface area contributed by atoms with Gasteiger partial charge < -0.3 is 15.2 Å². The summed E-state index contributed by atoms with van der Waals surface area (Å²) in [6.45, 7) is 5.04. The summed E-state index contributed by atoms with van der Waals surface area (Å²) in [6, 6.07) is 2.35. The second-order valence-electron chi connectivity index (χ2n) is 5.56. The van der Waals surface area contributed by atoms with Gasteiger partial charge in [-0.15, -0.1) is 0 Å². The van der Waals surface area contributed by atoms with Crippen LogP contribution in [0, 0.1) is 17.0 Å². The van der Waals surface area contributed by atoms with Crippen molar-refractivity contribution in [3.63, 3.8) is 0 Å². The average Bonchev–Trinajstić information content (AvgIpc) is 2.54. The Bertz CT molecular complexity index is 715. The molecule has 142 valence electrons. The molecule has 1 amide bonds. The van der Waals surface area contributed by atoms with E-state index in [1.807, 2.05) is 6.92 Å². The average molecular weight is 366 g/mol. The van der Waals surface area contributed by atoms with Crippen molar-refractivity contribution in [1.29, 1.82) is 0 Å². The number of unbranched alkanes of at least 4 members (excludes halogenated alkanes) is 1. The van der Waals surface area contributed by atoms with Gasteiger partial charge in [0.05, 0.1) is 18.1 Å². The van der Waals surface area contributed by atoms with Crippen LogP contribution in [0.5, 0.6) is 0 Å². The van der Waals surface area contributed by atoms with Crippen LogP contribution in [-0.2, 0) is 19.1 Å². The predicted octanol–water partition coefficient (Wildman–Crippen LogP) is 1.99. The van der Waals surface area contributed by atoms with Crippen LogP contribution in [0.3, 0.4) is 0 Å². The third-order valence-electron chi connectivity index (χ3n) is 3.60. The topological polar surface area (TPSA) is 139 Å². The molecule has 0 fully saturated rings. The van der Waals surface area contributed by atoms with E-state index in [1.54, 1.807) is 6.92 Å². The molecule has 0 aliphatic carbocycles. The van der Waals surface area contributed by atoms with E-state index < -0.39 is 34.4 Å². The largest absolute Gasteiger partial charge is 0.465 e. The van der Waals surface area contributed by atoms with Crippen molar-refractivity contribution in [3.8, 4) is 0 Å². The smallest absolute Gasteiger partial charge is 0.324 e. The lowest BCUT2D eigenvalue weighted by molar-refractivity contribution is -0.385. The fraction of sp³-hybridized carbons (Fsp3) is 0.471. The summed E-state index contributed by atoms with van der Waals surface area (Å²) in [4.78, 5) is 46.7. The van der Waals surface area contributed by atoms with Crippen LogP contribution in [0.15, 0.2) is 12.1 Å². The van der Waals surface area contributed by atoms with Crippen molar-refractivity contribution in [1.82, 2.24) is 0 Å².